The maximum Gasteiger partial charge on any atom is 0.435 e. The maximum atomic E-state index is 13.8. The lowest BCUT2D eigenvalue weighted by atomic mass is 10.1. The van der Waals surface area contributed by atoms with Gasteiger partial charge in [-0.1, -0.05) is 30.3 Å². The van der Waals surface area contributed by atoms with Crippen LogP contribution in [0.2, 0.25) is 0 Å². The third-order valence-electron chi connectivity index (χ3n) is 5.78. The predicted octanol–water partition coefficient (Wildman–Crippen LogP) is 5.54. The van der Waals surface area contributed by atoms with Gasteiger partial charge in [0.05, 0.1) is 7.11 Å². The number of nitrogens with zero attached hydrogens (tertiary/aromatic N) is 2. The lowest BCUT2D eigenvalue weighted by molar-refractivity contribution is -0.141. The second-order valence-corrected chi connectivity index (χ2v) is 9.53. The summed E-state index contributed by atoms with van der Waals surface area (Å²) in [6.45, 7) is 1.47. The number of methoxy groups -OCH3 is 1. The average Bonchev–Trinajstić information content (AvgIpc) is 3.39. The van der Waals surface area contributed by atoms with E-state index < -0.39 is 22.7 Å². The minimum absolute atomic E-state index is 0.147. The Morgan fingerprint density at radius 1 is 0.947 bits per heavy atom. The van der Waals surface area contributed by atoms with Crippen LogP contribution in [0.3, 0.4) is 0 Å². The number of halogens is 3. The first kappa shape index (κ1) is 27.3. The van der Waals surface area contributed by atoms with Crippen LogP contribution in [-0.2, 0) is 25.6 Å². The average molecular weight is 541 g/mol. The van der Waals surface area contributed by atoms with Crippen molar-refractivity contribution in [2.45, 2.75) is 25.6 Å². The summed E-state index contributed by atoms with van der Waals surface area (Å²) in [7, 11) is 1.55. The molecule has 0 spiro atoms. The van der Waals surface area contributed by atoms with Gasteiger partial charge in [-0.05, 0) is 66.4 Å². The van der Waals surface area contributed by atoms with Crippen LogP contribution in [-0.4, -0.2) is 36.1 Å². The van der Waals surface area contributed by atoms with Crippen LogP contribution < -0.4 is 15.4 Å². The summed E-state index contributed by atoms with van der Waals surface area (Å²) in [5.41, 5.74) is 2.34. The van der Waals surface area contributed by atoms with Gasteiger partial charge in [0, 0.05) is 31.0 Å². The van der Waals surface area contributed by atoms with Crippen molar-refractivity contribution in [2.24, 2.45) is 0 Å². The number of amides is 1. The molecule has 198 valence electrons. The molecule has 0 saturated carbocycles. The maximum absolute atomic E-state index is 13.8. The molecule has 0 aliphatic carbocycles. The number of aromatic nitrogens is 2. The number of pyridine rings is 1. The summed E-state index contributed by atoms with van der Waals surface area (Å²) in [6.07, 6.45) is 0.0287. The van der Waals surface area contributed by atoms with E-state index in [0.29, 0.717) is 24.3 Å². The van der Waals surface area contributed by atoms with E-state index in [9.17, 15) is 18.0 Å². The third kappa shape index (κ3) is 7.39. The molecule has 0 saturated heterocycles. The van der Waals surface area contributed by atoms with Crippen LogP contribution in [0, 0.1) is 0 Å². The normalized spacial score (nSPS) is 11.4. The van der Waals surface area contributed by atoms with Crippen molar-refractivity contribution >= 4 is 17.2 Å². The van der Waals surface area contributed by atoms with Crippen LogP contribution in [0.4, 0.5) is 13.2 Å². The molecule has 38 heavy (non-hydrogen) atoms. The van der Waals surface area contributed by atoms with Gasteiger partial charge >= 0.3 is 6.18 Å². The number of ether oxygens (including phenoxy) is 1. The van der Waals surface area contributed by atoms with Crippen molar-refractivity contribution in [3.05, 3.63) is 100 Å². The molecular weight excluding hydrogens is 513 g/mol. The van der Waals surface area contributed by atoms with Gasteiger partial charge in [0.15, 0.2) is 5.69 Å². The Morgan fingerprint density at radius 3 is 2.45 bits per heavy atom. The van der Waals surface area contributed by atoms with E-state index in [1.54, 1.807) is 43.8 Å². The molecule has 1 amide bonds. The summed E-state index contributed by atoms with van der Waals surface area (Å²) in [4.78, 5) is 20.1. The van der Waals surface area contributed by atoms with E-state index >= 15 is 0 Å². The molecule has 0 bridgehead atoms. The summed E-state index contributed by atoms with van der Waals surface area (Å²) in [5, 5.41) is 6.09. The molecular formula is C28H27F3N4O2S. The quantitative estimate of drug-likeness (QED) is 0.245. The van der Waals surface area contributed by atoms with E-state index in [0.717, 1.165) is 41.0 Å². The van der Waals surface area contributed by atoms with Crippen molar-refractivity contribution in [3.63, 3.8) is 0 Å². The molecule has 2 aromatic carbocycles. The molecule has 10 heteroatoms. The molecule has 4 aromatic rings. The monoisotopic (exact) mass is 540 g/mol. The van der Waals surface area contributed by atoms with Gasteiger partial charge in [-0.3, -0.25) is 9.78 Å². The van der Waals surface area contributed by atoms with Crippen LogP contribution in [0.5, 0.6) is 5.75 Å². The van der Waals surface area contributed by atoms with Crippen LogP contribution in [0.15, 0.2) is 73.1 Å². The number of hydrogen-bond acceptors (Lipinski definition) is 6. The number of benzene rings is 2. The van der Waals surface area contributed by atoms with Gasteiger partial charge < -0.3 is 15.4 Å². The van der Waals surface area contributed by atoms with Gasteiger partial charge in [0.25, 0.3) is 5.91 Å². The number of carbonyl (C=O) groups is 1. The highest BCUT2D eigenvalue weighted by Crippen LogP contribution is 2.37. The van der Waals surface area contributed by atoms with Crippen molar-refractivity contribution < 1.29 is 22.7 Å². The number of alkyl halides is 3. The van der Waals surface area contributed by atoms with Crippen molar-refractivity contribution in [1.29, 1.82) is 0 Å². The predicted molar refractivity (Wildman–Crippen MR) is 141 cm³/mol. The summed E-state index contributed by atoms with van der Waals surface area (Å²) < 4.78 is 46.5. The minimum Gasteiger partial charge on any atom is -0.497 e. The Balaban J connectivity index is 1.42. The Kier molecular flexibility index (Phi) is 9.09. The molecule has 0 fully saturated rings. The third-order valence-corrected chi connectivity index (χ3v) is 6.88. The molecule has 2 heterocycles. The Hall–Kier alpha value is -3.76. The summed E-state index contributed by atoms with van der Waals surface area (Å²) in [5.74, 6) is -0.121. The molecule has 0 radical (unpaired) electrons. The fourth-order valence-electron chi connectivity index (χ4n) is 3.85. The lowest BCUT2D eigenvalue weighted by Crippen LogP contribution is -2.27. The fraction of sp³-hybridized carbons (Fsp3) is 0.250. The van der Waals surface area contributed by atoms with E-state index in [4.69, 9.17) is 4.74 Å². The second-order valence-electron chi connectivity index (χ2n) is 8.53. The topological polar surface area (TPSA) is 76.1 Å². The zero-order valence-electron chi connectivity index (χ0n) is 20.7. The molecule has 2 N–H and O–H groups in total. The van der Waals surface area contributed by atoms with Gasteiger partial charge in [-0.2, -0.15) is 13.2 Å². The first-order valence-corrected chi connectivity index (χ1v) is 12.8. The molecule has 0 unspecified atom stereocenters. The Morgan fingerprint density at radius 2 is 1.68 bits per heavy atom. The van der Waals surface area contributed by atoms with Crippen molar-refractivity contribution in [1.82, 2.24) is 20.6 Å². The molecule has 0 aliphatic rings. The summed E-state index contributed by atoms with van der Waals surface area (Å²) >= 11 is 0.745. The van der Waals surface area contributed by atoms with Crippen LogP contribution in [0.1, 0.15) is 32.1 Å². The number of carbonyl (C=O) groups excluding carboxylic acids is 1. The van der Waals surface area contributed by atoms with Gasteiger partial charge in [0.1, 0.15) is 15.6 Å². The van der Waals surface area contributed by atoms with Gasteiger partial charge in [-0.15, -0.1) is 11.3 Å². The molecule has 6 nitrogen and oxygen atoms in total. The highest BCUT2D eigenvalue weighted by atomic mass is 32.1. The zero-order chi connectivity index (χ0) is 27.0. The standard InChI is InChI=1S/C28H27F3N4O2S/c1-37-23-7-3-4-20(17-23)11-15-34-26(36)24-25(28(29,30)31)35-27(38-24)22-6-2-5-21(16-22)18-33-14-10-19-8-12-32-13-9-19/h2-9,12-13,16-17,33H,10-11,14-15,18H2,1H3,(H,34,36). The van der Waals surface area contributed by atoms with E-state index in [1.807, 2.05) is 36.4 Å². The number of hydrogen-bond donors (Lipinski definition) is 2. The summed E-state index contributed by atoms with van der Waals surface area (Å²) in [6, 6.07) is 18.4. The fourth-order valence-corrected chi connectivity index (χ4v) is 4.85. The lowest BCUT2D eigenvalue weighted by Gasteiger charge is -2.08. The largest absolute Gasteiger partial charge is 0.497 e. The highest BCUT2D eigenvalue weighted by Gasteiger charge is 2.39. The minimum atomic E-state index is -4.75. The number of thiazole rings is 1. The highest BCUT2D eigenvalue weighted by molar-refractivity contribution is 7.17. The molecule has 0 atom stereocenters. The second kappa shape index (κ2) is 12.7. The van der Waals surface area contributed by atoms with Crippen molar-refractivity contribution in [2.75, 3.05) is 20.2 Å². The smallest absolute Gasteiger partial charge is 0.435 e. The molecule has 2 aromatic heterocycles. The van der Waals surface area contributed by atoms with Gasteiger partial charge in [0.2, 0.25) is 0 Å². The first-order valence-electron chi connectivity index (χ1n) is 12.0. The zero-order valence-corrected chi connectivity index (χ0v) is 21.5. The van der Waals surface area contributed by atoms with E-state index in [-0.39, 0.29) is 11.6 Å². The number of rotatable bonds is 11. The number of nitrogens with one attached hydrogen (secondary N) is 2. The Labute approximate surface area is 222 Å². The van der Waals surface area contributed by atoms with E-state index in [2.05, 4.69) is 20.6 Å². The molecule has 0 aliphatic heterocycles. The first-order chi connectivity index (χ1) is 18.3. The van der Waals surface area contributed by atoms with Gasteiger partial charge in [-0.25, -0.2) is 4.98 Å². The van der Waals surface area contributed by atoms with Crippen LogP contribution in [0.25, 0.3) is 10.6 Å². The van der Waals surface area contributed by atoms with Crippen LogP contribution >= 0.6 is 11.3 Å². The van der Waals surface area contributed by atoms with Crippen molar-refractivity contribution in [3.8, 4) is 16.3 Å². The molecule has 4 rings (SSSR count). The SMILES string of the molecule is COc1cccc(CCNC(=O)c2sc(-c3cccc(CNCCc4ccncc4)c3)nc2C(F)(F)F)c1. The van der Waals surface area contributed by atoms with E-state index in [1.165, 1.54) is 0 Å². The Bertz CT molecular complexity index is 1360.